The molecular weight excluding hydrogens is 1370 g/mol. The fourth-order valence-corrected chi connectivity index (χ4v) is 11.5. The van der Waals surface area contributed by atoms with Gasteiger partial charge in [-0.1, -0.05) is 155 Å². The minimum Gasteiger partial charge on any atom is -0.508 e. The first-order valence-electron chi connectivity index (χ1n) is 27.0. The van der Waals surface area contributed by atoms with Crippen molar-refractivity contribution in [3.8, 4) is 78.9 Å². The number of fused-ring (bicyclic) bond motifs is 3. The number of aromatic nitrogens is 4. The molecule has 0 spiro atoms. The molecule has 7 aromatic carbocycles. The van der Waals surface area contributed by atoms with E-state index < -0.39 is 10.8 Å². The van der Waals surface area contributed by atoms with E-state index in [1.54, 1.807) is 18.3 Å². The fraction of sp³-hybridized carbons (Fsp3) is 0.151. The molecule has 1 aliphatic rings. The van der Waals surface area contributed by atoms with Crippen LogP contribution in [0.5, 0.6) is 11.5 Å². The van der Waals surface area contributed by atoms with Crippen LogP contribution in [0.25, 0.3) is 67.4 Å². The Kier molecular flexibility index (Phi) is 17.1. The Balaban J connectivity index is 0.000000223. The summed E-state index contributed by atoms with van der Waals surface area (Å²) >= 11 is 0. The first-order chi connectivity index (χ1) is 38.5. The summed E-state index contributed by atoms with van der Waals surface area (Å²) in [7, 11) is 0. The third-order valence-corrected chi connectivity index (χ3v) is 15.4. The van der Waals surface area contributed by atoms with Gasteiger partial charge in [-0.25, -0.2) is 4.39 Å². The van der Waals surface area contributed by atoms with E-state index in [2.05, 4.69) is 173 Å². The van der Waals surface area contributed by atoms with Crippen LogP contribution in [-0.2, 0) is 58.4 Å². The van der Waals surface area contributed by atoms with E-state index in [1.807, 2.05) is 86.8 Å². The molecule has 4 aromatic heterocycles. The Hall–Kier alpha value is -7.95. The molecule has 0 saturated heterocycles. The minimum atomic E-state index is -0.657. The van der Waals surface area contributed by atoms with Crippen molar-refractivity contribution < 1.29 is 56.7 Å². The van der Waals surface area contributed by atoms with Crippen molar-refractivity contribution in [2.24, 2.45) is 0 Å². The summed E-state index contributed by atoms with van der Waals surface area (Å²) in [6.07, 6.45) is 3.59. The number of phenols is 2. The van der Waals surface area contributed by atoms with Gasteiger partial charge in [0.1, 0.15) is 11.5 Å². The first kappa shape index (κ1) is 58.7. The normalized spacial score (nSPS) is 12.2. The quantitative estimate of drug-likeness (QED) is 0.140. The largest absolute Gasteiger partial charge is 0.508 e. The molecule has 9 heteroatoms. The summed E-state index contributed by atoms with van der Waals surface area (Å²) in [5.74, 6) is 0.0108. The molecule has 1 aliphatic carbocycles. The number of hydrogen-bond donors (Lipinski definition) is 2. The van der Waals surface area contributed by atoms with Crippen LogP contribution >= 0.6 is 0 Å². The van der Waals surface area contributed by atoms with Crippen LogP contribution in [-0.4, -0.2) is 30.1 Å². The van der Waals surface area contributed by atoms with Crippen molar-refractivity contribution in [1.29, 1.82) is 0 Å². The maximum absolute atomic E-state index is 14.6. The van der Waals surface area contributed by atoms with Gasteiger partial charge < -0.3 is 10.2 Å². The van der Waals surface area contributed by atoms with E-state index in [9.17, 15) is 14.6 Å². The topological polar surface area (TPSA) is 92.0 Å². The molecule has 0 saturated carbocycles. The summed E-state index contributed by atoms with van der Waals surface area (Å²) in [4.78, 5) is 19.2. The van der Waals surface area contributed by atoms with Gasteiger partial charge in [0, 0.05) is 76.9 Å². The smallest absolute Gasteiger partial charge is 0.125 e. The molecule has 2 N–H and O–H groups in total. The maximum atomic E-state index is 14.6. The zero-order valence-corrected chi connectivity index (χ0v) is 51.4. The predicted molar refractivity (Wildman–Crippen MR) is 321 cm³/mol. The summed E-state index contributed by atoms with van der Waals surface area (Å²) in [6, 6.07) is 72.9. The molecule has 4 heterocycles. The van der Waals surface area contributed by atoms with Gasteiger partial charge in [0.2, 0.25) is 0 Å². The molecule has 0 fully saturated rings. The second-order valence-corrected chi connectivity index (χ2v) is 22.3. The Morgan fingerprint density at radius 1 is 0.476 bits per heavy atom. The van der Waals surface area contributed by atoms with E-state index >= 15 is 0 Å². The van der Waals surface area contributed by atoms with Crippen molar-refractivity contribution in [2.45, 2.75) is 71.6 Å². The van der Waals surface area contributed by atoms with E-state index in [4.69, 9.17) is 9.97 Å². The van der Waals surface area contributed by atoms with Crippen molar-refractivity contribution in [2.75, 3.05) is 0 Å². The van der Waals surface area contributed by atoms with Crippen LogP contribution in [0.3, 0.4) is 0 Å². The van der Waals surface area contributed by atoms with Gasteiger partial charge >= 0.3 is 0 Å². The molecule has 0 amide bonds. The van der Waals surface area contributed by atoms with Crippen LogP contribution in [0, 0.1) is 38.7 Å². The number of hydrogen-bond acceptors (Lipinski definition) is 6. The summed E-state index contributed by atoms with van der Waals surface area (Å²) in [5.41, 5.74) is 19.3. The molecule has 0 unspecified atom stereocenters. The minimum absolute atomic E-state index is 0. The van der Waals surface area contributed by atoms with Gasteiger partial charge in [-0.15, -0.1) is 64.7 Å². The number of rotatable bonds is 9. The number of pyridine rings is 4. The number of aromatic hydroxyl groups is 2. The summed E-state index contributed by atoms with van der Waals surface area (Å²) in [5, 5.41) is 21.9. The average molecular weight is 1440 g/mol. The second-order valence-electron chi connectivity index (χ2n) is 22.3. The number of phenolic OH excluding ortho intramolecular Hbond substituents is 2. The van der Waals surface area contributed by atoms with Crippen LogP contribution in [0.15, 0.2) is 213 Å². The average Bonchev–Trinajstić information content (AvgIpc) is 3.96. The Morgan fingerprint density at radius 2 is 1.07 bits per heavy atom. The van der Waals surface area contributed by atoms with Crippen molar-refractivity contribution in [1.82, 2.24) is 19.9 Å². The Morgan fingerprint density at radius 3 is 1.72 bits per heavy atom. The van der Waals surface area contributed by atoms with Crippen LogP contribution in [0.4, 0.5) is 4.39 Å². The van der Waals surface area contributed by atoms with Crippen molar-refractivity contribution in [3.63, 3.8) is 0 Å². The number of benzene rings is 7. The maximum Gasteiger partial charge on any atom is 0.125 e. The van der Waals surface area contributed by atoms with Gasteiger partial charge in [-0.3, -0.25) is 19.9 Å². The monoisotopic (exact) mass is 1430 g/mol. The van der Waals surface area contributed by atoms with E-state index in [-0.39, 0.29) is 64.9 Å². The molecule has 6 nitrogen and oxygen atoms in total. The second kappa shape index (κ2) is 23.9. The molecule has 0 aliphatic heterocycles. The Bertz CT molecular complexity index is 4050. The molecule has 0 atom stereocenters. The number of halogens is 1. The van der Waals surface area contributed by atoms with Gasteiger partial charge in [0.25, 0.3) is 0 Å². The molecule has 82 heavy (non-hydrogen) atoms. The van der Waals surface area contributed by atoms with Gasteiger partial charge in [0.15, 0.2) is 0 Å². The summed E-state index contributed by atoms with van der Waals surface area (Å²) < 4.78 is 14.6. The van der Waals surface area contributed by atoms with E-state index in [1.165, 1.54) is 51.1 Å². The van der Waals surface area contributed by atoms with Crippen molar-refractivity contribution in [3.05, 3.63) is 286 Å². The number of nitrogens with zero attached hydrogens (tertiary/aromatic N) is 4. The zero-order chi connectivity index (χ0) is 55.9. The summed E-state index contributed by atoms with van der Waals surface area (Å²) in [6.45, 7) is 16.9. The molecule has 11 aromatic rings. The van der Waals surface area contributed by atoms with E-state index in [0.717, 1.165) is 50.6 Å². The van der Waals surface area contributed by atoms with Gasteiger partial charge in [-0.2, -0.15) is 0 Å². The molecule has 414 valence electrons. The first-order valence-corrected chi connectivity index (χ1v) is 27.0. The predicted octanol–water partition coefficient (Wildman–Crippen LogP) is 17.3. The fourth-order valence-electron chi connectivity index (χ4n) is 11.5. The number of para-hydroxylation sites is 1. The number of aryl methyl sites for hydroxylation is 3. The molecule has 12 rings (SSSR count). The standard InChI is InChI=1S/C48H41N2O.C25H20FN2O.2Pt/c1-30-24-31(2)46(32(3)25-30)34-21-22-39(44(51)27-34)43-29-36(47(4,5)6)28-42(50-43)33-14-13-15-35(26-33)48(45-20-11-12-23-49-45)40-18-9-7-16-37(40)38-17-8-10-19-41(38)48;1-25(2,20-8-3-4-12-24(20)29)18-14-17(15-19(26)16-18)21-10-7-11-23(28-21)22-9-5-6-13-27-22;;/h7-25,27-29,51H,1-6H3;3-13,15-16,29H,1-2H3;;/q2*-1;;. The third kappa shape index (κ3) is 11.2. The molecule has 0 bridgehead atoms. The third-order valence-electron chi connectivity index (χ3n) is 15.4. The van der Waals surface area contributed by atoms with Crippen LogP contribution in [0.1, 0.15) is 90.4 Å². The molecule has 0 radical (unpaired) electrons. The zero-order valence-electron chi connectivity index (χ0n) is 46.9. The SMILES string of the molecule is CC(C)(c1[c-]c(-c2cccc(-c3ccccn3)n2)cc(F)c1)c1ccccc1O.Cc1cc(C)c(-c2ccc(-c3cc(C(C)(C)C)cc(-c4[c-]c(C5(c6ccccn6)c6ccccc6-c6ccccc65)ccc4)n3)c(O)c2)c(C)c1.[Pt].[Pt]. The van der Waals surface area contributed by atoms with Crippen molar-refractivity contribution >= 4 is 0 Å². The Labute approximate surface area is 509 Å². The van der Waals surface area contributed by atoms with E-state index in [0.29, 0.717) is 33.6 Å². The molecular formula is C73H61FN4O2Pt2-2. The van der Waals surface area contributed by atoms with Crippen LogP contribution < -0.4 is 0 Å². The van der Waals surface area contributed by atoms with Crippen LogP contribution in [0.2, 0.25) is 0 Å². The van der Waals surface area contributed by atoms with Gasteiger partial charge in [0.05, 0.1) is 28.2 Å². The van der Waals surface area contributed by atoms with Gasteiger partial charge in [-0.05, 0) is 142 Å².